The quantitative estimate of drug-likeness (QED) is 0.104. The van der Waals surface area contributed by atoms with E-state index in [0.717, 1.165) is 45.7 Å². The van der Waals surface area contributed by atoms with Gasteiger partial charge >= 0.3 is 8.80 Å². The van der Waals surface area contributed by atoms with Gasteiger partial charge in [0.15, 0.2) is 0 Å². The van der Waals surface area contributed by atoms with Crippen molar-refractivity contribution >= 4 is 8.80 Å². The zero-order valence-corrected chi connectivity index (χ0v) is 19.0. The number of nitrogens with one attached hydrogen (secondary N) is 2. The second-order valence-corrected chi connectivity index (χ2v) is 9.60. The summed E-state index contributed by atoms with van der Waals surface area (Å²) < 4.78 is 21.7. The van der Waals surface area contributed by atoms with Gasteiger partial charge in [0, 0.05) is 92.9 Å². The number of aliphatic hydroxyl groups excluding tert-OH is 1. The molecule has 0 aliphatic rings. The molecule has 0 rings (SSSR count). The van der Waals surface area contributed by atoms with Crippen molar-refractivity contribution in [3.8, 4) is 0 Å². The smallest absolute Gasteiger partial charge is 0.389 e. The highest BCUT2D eigenvalue weighted by Crippen LogP contribution is 2.14. The molecule has 0 aliphatic heterocycles. The second kappa shape index (κ2) is 18.8. The third-order valence-electron chi connectivity index (χ3n) is 4.33. The Morgan fingerprint density at radius 2 is 1.57 bits per heavy atom. The van der Waals surface area contributed by atoms with E-state index in [9.17, 15) is 5.11 Å². The Morgan fingerprint density at radius 3 is 2.14 bits per heavy atom. The van der Waals surface area contributed by atoms with Crippen LogP contribution in [0.5, 0.6) is 0 Å². The number of ether oxygens (including phenoxy) is 1. The summed E-state index contributed by atoms with van der Waals surface area (Å²) in [5.41, 5.74) is 11.1. The molecule has 28 heavy (non-hydrogen) atoms. The molecule has 1 unspecified atom stereocenters. The van der Waals surface area contributed by atoms with Crippen molar-refractivity contribution in [3.05, 3.63) is 0 Å². The van der Waals surface area contributed by atoms with E-state index < -0.39 is 14.9 Å². The van der Waals surface area contributed by atoms with Crippen LogP contribution >= 0.6 is 0 Å². The maximum absolute atomic E-state index is 10.2. The van der Waals surface area contributed by atoms with Gasteiger partial charge in [-0.25, -0.2) is 0 Å². The minimum atomic E-state index is -2.54. The first-order valence-electron chi connectivity index (χ1n) is 10.0. The van der Waals surface area contributed by atoms with Crippen LogP contribution in [0.4, 0.5) is 0 Å². The first-order valence-corrected chi connectivity index (χ1v) is 12.0. The average molecular weight is 426 g/mol. The molecule has 0 aliphatic carbocycles. The van der Waals surface area contributed by atoms with Crippen molar-refractivity contribution in [3.63, 3.8) is 0 Å². The normalized spacial score (nSPS) is 13.4. The van der Waals surface area contributed by atoms with Gasteiger partial charge in [-0.1, -0.05) is 0 Å². The van der Waals surface area contributed by atoms with Crippen LogP contribution in [-0.2, 0) is 18.0 Å². The molecule has 0 saturated heterocycles. The maximum atomic E-state index is 10.2. The van der Waals surface area contributed by atoms with Gasteiger partial charge in [-0.3, -0.25) is 4.90 Å². The molecular weight excluding hydrogens is 382 g/mol. The van der Waals surface area contributed by atoms with E-state index in [2.05, 4.69) is 15.5 Å². The Morgan fingerprint density at radius 1 is 0.929 bits per heavy atom. The lowest BCUT2D eigenvalue weighted by molar-refractivity contribution is 0.0162. The van der Waals surface area contributed by atoms with E-state index >= 15 is 0 Å². The van der Waals surface area contributed by atoms with Crippen molar-refractivity contribution in [2.45, 2.75) is 18.6 Å². The molecular formula is C17H43N5O5Si. The molecule has 0 amide bonds. The molecule has 0 saturated carbocycles. The Labute approximate surface area is 171 Å². The van der Waals surface area contributed by atoms with E-state index in [1.165, 1.54) is 0 Å². The molecule has 0 bridgehead atoms. The first-order chi connectivity index (χ1) is 13.6. The van der Waals surface area contributed by atoms with Crippen LogP contribution in [0.2, 0.25) is 6.04 Å². The van der Waals surface area contributed by atoms with E-state index in [4.69, 9.17) is 29.5 Å². The number of nitrogens with zero attached hydrogens (tertiary/aromatic N) is 1. The van der Waals surface area contributed by atoms with Crippen molar-refractivity contribution in [2.24, 2.45) is 11.5 Å². The van der Waals surface area contributed by atoms with Crippen molar-refractivity contribution in [2.75, 3.05) is 93.4 Å². The minimum Gasteiger partial charge on any atom is -0.389 e. The fourth-order valence-corrected chi connectivity index (χ4v) is 4.45. The van der Waals surface area contributed by atoms with Gasteiger partial charge in [0.25, 0.3) is 0 Å². The summed E-state index contributed by atoms with van der Waals surface area (Å²) >= 11 is 0. The predicted octanol–water partition coefficient (Wildman–Crippen LogP) is -1.97. The summed E-state index contributed by atoms with van der Waals surface area (Å²) in [4.78, 5) is 2.15. The maximum Gasteiger partial charge on any atom is 0.500 e. The lowest BCUT2D eigenvalue weighted by atomic mass is 10.3. The monoisotopic (exact) mass is 425 g/mol. The summed E-state index contributed by atoms with van der Waals surface area (Å²) in [7, 11) is 2.25. The summed E-state index contributed by atoms with van der Waals surface area (Å²) in [6.45, 7) is 7.59. The fourth-order valence-electron chi connectivity index (χ4n) is 2.76. The highest BCUT2D eigenvalue weighted by Gasteiger charge is 2.36. The third-order valence-corrected chi connectivity index (χ3v) is 7.17. The lowest BCUT2D eigenvalue weighted by Crippen LogP contribution is -2.43. The molecule has 0 radical (unpaired) electrons. The molecule has 0 heterocycles. The van der Waals surface area contributed by atoms with Gasteiger partial charge in [-0.05, 0) is 6.42 Å². The summed E-state index contributed by atoms with van der Waals surface area (Å²) in [5.74, 6) is 0. The number of rotatable bonds is 21. The van der Waals surface area contributed by atoms with E-state index in [1.807, 2.05) is 0 Å². The highest BCUT2D eigenvalue weighted by atomic mass is 28.4. The zero-order valence-electron chi connectivity index (χ0n) is 18.0. The Hall–Kier alpha value is -0.183. The topological polar surface area (TPSA) is 136 Å². The standard InChI is InChI=1S/C17H43N5O5Si/c1-24-28(25-2,26-3)14-4-13-27-16-17(23)15-22(11-6-19)12-10-21-9-8-20-7-5-18/h17,20-21,23H,4-16,18-19H2,1-3H3. The van der Waals surface area contributed by atoms with Gasteiger partial charge in [-0.15, -0.1) is 0 Å². The first kappa shape index (κ1) is 27.8. The zero-order chi connectivity index (χ0) is 21.1. The average Bonchev–Trinajstić information content (AvgIpc) is 2.70. The minimum absolute atomic E-state index is 0.291. The third kappa shape index (κ3) is 13.9. The van der Waals surface area contributed by atoms with Gasteiger partial charge in [0.1, 0.15) is 0 Å². The Bertz CT molecular complexity index is 335. The van der Waals surface area contributed by atoms with Crippen LogP contribution in [-0.4, -0.2) is 118 Å². The summed E-state index contributed by atoms with van der Waals surface area (Å²) in [6.07, 6.45) is 0.204. The molecule has 0 aromatic carbocycles. The van der Waals surface area contributed by atoms with E-state index in [-0.39, 0.29) is 0 Å². The molecule has 0 spiro atoms. The lowest BCUT2D eigenvalue weighted by Gasteiger charge is -2.25. The predicted molar refractivity (Wildman–Crippen MR) is 113 cm³/mol. The molecule has 1 atom stereocenters. The molecule has 7 N–H and O–H groups in total. The van der Waals surface area contributed by atoms with Crippen molar-refractivity contribution < 1.29 is 23.1 Å². The van der Waals surface area contributed by atoms with Crippen molar-refractivity contribution in [1.29, 1.82) is 0 Å². The molecule has 11 heteroatoms. The molecule has 10 nitrogen and oxygen atoms in total. The van der Waals surface area contributed by atoms with Crippen LogP contribution in [0, 0.1) is 0 Å². The van der Waals surface area contributed by atoms with Crippen LogP contribution < -0.4 is 22.1 Å². The number of nitrogens with two attached hydrogens (primary N) is 2. The van der Waals surface area contributed by atoms with Crippen LogP contribution in [0.15, 0.2) is 0 Å². The summed E-state index contributed by atoms with van der Waals surface area (Å²) in [6, 6.07) is 0.678. The SMILES string of the molecule is CO[Si](CCCOCC(O)CN(CCN)CCNCCNCCN)(OC)OC. The van der Waals surface area contributed by atoms with Crippen LogP contribution in [0.25, 0.3) is 0 Å². The van der Waals surface area contributed by atoms with Crippen LogP contribution in [0.3, 0.4) is 0 Å². The van der Waals surface area contributed by atoms with Gasteiger partial charge in [0.2, 0.25) is 0 Å². The number of hydrogen-bond donors (Lipinski definition) is 5. The fraction of sp³-hybridized carbons (Fsp3) is 1.00. The van der Waals surface area contributed by atoms with Gasteiger partial charge < -0.3 is 45.2 Å². The largest absolute Gasteiger partial charge is 0.500 e. The molecule has 0 aromatic heterocycles. The van der Waals surface area contributed by atoms with Gasteiger partial charge in [0.05, 0.1) is 12.7 Å². The highest BCUT2D eigenvalue weighted by molar-refractivity contribution is 6.60. The van der Waals surface area contributed by atoms with E-state index in [0.29, 0.717) is 38.9 Å². The Kier molecular flexibility index (Phi) is 18.7. The summed E-state index contributed by atoms with van der Waals surface area (Å²) in [5, 5.41) is 16.8. The van der Waals surface area contributed by atoms with Crippen LogP contribution in [0.1, 0.15) is 6.42 Å². The number of hydrogen-bond acceptors (Lipinski definition) is 10. The Balaban J connectivity index is 3.89. The second-order valence-electron chi connectivity index (χ2n) is 6.51. The molecule has 0 fully saturated rings. The van der Waals surface area contributed by atoms with Crippen molar-refractivity contribution in [1.82, 2.24) is 15.5 Å². The van der Waals surface area contributed by atoms with Gasteiger partial charge in [-0.2, -0.15) is 0 Å². The molecule has 170 valence electrons. The molecule has 0 aromatic rings. The van der Waals surface area contributed by atoms with E-state index in [1.54, 1.807) is 21.3 Å². The number of aliphatic hydroxyl groups is 1.